The van der Waals surface area contributed by atoms with Crippen LogP contribution in [0.25, 0.3) is 0 Å². The smallest absolute Gasteiger partial charge is 0.238 e. The minimum Gasteiger partial charge on any atom is -0.350 e. The molecule has 0 aliphatic carbocycles. The summed E-state index contributed by atoms with van der Waals surface area (Å²) < 4.78 is 13.7. The van der Waals surface area contributed by atoms with Gasteiger partial charge in [0, 0.05) is 23.7 Å². The Kier molecular flexibility index (Phi) is 7.59. The minimum absolute atomic E-state index is 0.00474. The number of carbonyl (C=O) groups excluding carboxylic acids is 2. The fourth-order valence-electron chi connectivity index (χ4n) is 2.99. The Balaban J connectivity index is 1.81. The second-order valence-electron chi connectivity index (χ2n) is 7.88. The van der Waals surface area contributed by atoms with E-state index in [1.165, 1.54) is 18.2 Å². The van der Waals surface area contributed by atoms with Crippen LogP contribution < -0.4 is 10.6 Å². The highest BCUT2D eigenvalue weighted by Gasteiger charge is 2.21. The zero-order valence-electron chi connectivity index (χ0n) is 16.1. The van der Waals surface area contributed by atoms with Gasteiger partial charge in [0.25, 0.3) is 0 Å². The van der Waals surface area contributed by atoms with Crippen LogP contribution in [0.4, 0.5) is 10.1 Å². The Labute approximate surface area is 165 Å². The number of anilines is 1. The highest BCUT2D eigenvalue weighted by atomic mass is 35.5. The van der Waals surface area contributed by atoms with Crippen LogP contribution in [0.15, 0.2) is 18.2 Å². The fraction of sp³-hybridized carbons (Fsp3) is 0.579. The van der Waals surface area contributed by atoms with Crippen molar-refractivity contribution in [3.8, 4) is 0 Å². The molecule has 1 saturated heterocycles. The quantitative estimate of drug-likeness (QED) is 0.799. The van der Waals surface area contributed by atoms with E-state index < -0.39 is 5.82 Å². The molecule has 0 saturated carbocycles. The first kappa shape index (κ1) is 21.6. The third-order valence-corrected chi connectivity index (χ3v) is 4.37. The van der Waals surface area contributed by atoms with E-state index in [0.29, 0.717) is 24.7 Å². The first-order chi connectivity index (χ1) is 12.6. The molecule has 1 aliphatic heterocycles. The van der Waals surface area contributed by atoms with Crippen LogP contribution >= 0.6 is 11.6 Å². The van der Waals surface area contributed by atoms with Crippen molar-refractivity contribution in [3.05, 3.63) is 29.0 Å². The monoisotopic (exact) mass is 398 g/mol. The average Bonchev–Trinajstić information content (AvgIpc) is 2.74. The summed E-state index contributed by atoms with van der Waals surface area (Å²) in [6, 6.07) is 4.06. The van der Waals surface area contributed by atoms with E-state index >= 15 is 0 Å². The number of nitrogens with one attached hydrogen (secondary N) is 2. The lowest BCUT2D eigenvalue weighted by Gasteiger charge is -2.25. The lowest BCUT2D eigenvalue weighted by Crippen LogP contribution is -2.46. The molecule has 0 aromatic heterocycles. The molecule has 2 rings (SSSR count). The van der Waals surface area contributed by atoms with Crippen molar-refractivity contribution < 1.29 is 14.0 Å². The number of hydrogen-bond acceptors (Lipinski definition) is 4. The molecule has 0 bridgehead atoms. The lowest BCUT2D eigenvalue weighted by atomic mass is 10.1. The third kappa shape index (κ3) is 7.82. The molecule has 1 aliphatic rings. The van der Waals surface area contributed by atoms with Gasteiger partial charge in [0.05, 0.1) is 18.8 Å². The van der Waals surface area contributed by atoms with Crippen molar-refractivity contribution in [3.63, 3.8) is 0 Å². The maximum atomic E-state index is 13.7. The SMILES string of the molecule is CC(C)(C)NC(=O)CN1CCCN(CC(=O)Nc2cc(Cl)ccc2F)CC1. The van der Waals surface area contributed by atoms with E-state index in [4.69, 9.17) is 11.6 Å². The molecular weight excluding hydrogens is 371 g/mol. The van der Waals surface area contributed by atoms with Crippen molar-refractivity contribution in [2.24, 2.45) is 0 Å². The van der Waals surface area contributed by atoms with Crippen LogP contribution in [0.3, 0.4) is 0 Å². The Morgan fingerprint density at radius 2 is 1.67 bits per heavy atom. The molecule has 1 aromatic rings. The molecule has 6 nitrogen and oxygen atoms in total. The minimum atomic E-state index is -0.514. The van der Waals surface area contributed by atoms with Crippen LogP contribution in [0, 0.1) is 5.82 Å². The van der Waals surface area contributed by atoms with E-state index in [-0.39, 0.29) is 29.6 Å². The summed E-state index contributed by atoms with van der Waals surface area (Å²) in [5.74, 6) is -0.792. The van der Waals surface area contributed by atoms with Crippen LogP contribution in [0.2, 0.25) is 5.02 Å². The van der Waals surface area contributed by atoms with Gasteiger partial charge >= 0.3 is 0 Å². The normalized spacial score (nSPS) is 16.6. The molecule has 0 spiro atoms. The number of nitrogens with zero attached hydrogens (tertiary/aromatic N) is 2. The highest BCUT2D eigenvalue weighted by Crippen LogP contribution is 2.19. The summed E-state index contributed by atoms with van der Waals surface area (Å²) in [7, 11) is 0. The Hall–Kier alpha value is -1.70. The van der Waals surface area contributed by atoms with Crippen molar-refractivity contribution in [2.75, 3.05) is 44.6 Å². The molecule has 150 valence electrons. The van der Waals surface area contributed by atoms with E-state index in [2.05, 4.69) is 15.5 Å². The van der Waals surface area contributed by atoms with Crippen LogP contribution in [-0.4, -0.2) is 66.4 Å². The number of amides is 2. The third-order valence-electron chi connectivity index (χ3n) is 4.13. The average molecular weight is 399 g/mol. The summed E-state index contributed by atoms with van der Waals surface area (Å²) in [6.07, 6.45) is 0.863. The lowest BCUT2D eigenvalue weighted by molar-refractivity contribution is -0.123. The zero-order valence-corrected chi connectivity index (χ0v) is 16.9. The van der Waals surface area contributed by atoms with Crippen molar-refractivity contribution >= 4 is 29.1 Å². The molecule has 8 heteroatoms. The van der Waals surface area contributed by atoms with Gasteiger partial charge in [-0.15, -0.1) is 0 Å². The molecule has 0 radical (unpaired) electrons. The largest absolute Gasteiger partial charge is 0.350 e. The Morgan fingerprint density at radius 1 is 1.07 bits per heavy atom. The second-order valence-corrected chi connectivity index (χ2v) is 8.31. The van der Waals surface area contributed by atoms with Crippen molar-refractivity contribution in [1.82, 2.24) is 15.1 Å². The molecule has 27 heavy (non-hydrogen) atoms. The van der Waals surface area contributed by atoms with E-state index in [1.54, 1.807) is 0 Å². The topological polar surface area (TPSA) is 64.7 Å². The van der Waals surface area contributed by atoms with Crippen molar-refractivity contribution in [1.29, 1.82) is 0 Å². The number of rotatable bonds is 5. The van der Waals surface area contributed by atoms with Gasteiger partial charge in [-0.2, -0.15) is 0 Å². The van der Waals surface area contributed by atoms with Crippen LogP contribution in [0.5, 0.6) is 0 Å². The number of benzene rings is 1. The van der Waals surface area contributed by atoms with Gasteiger partial charge in [0.15, 0.2) is 0 Å². The van der Waals surface area contributed by atoms with Gasteiger partial charge in [-0.3, -0.25) is 19.4 Å². The molecule has 1 fully saturated rings. The van der Waals surface area contributed by atoms with E-state index in [9.17, 15) is 14.0 Å². The first-order valence-corrected chi connectivity index (χ1v) is 9.51. The summed E-state index contributed by atoms with van der Waals surface area (Å²) in [5, 5.41) is 5.90. The molecule has 2 N–H and O–H groups in total. The standard InChI is InChI=1S/C19H28ClFN4O2/c1-19(2,3)23-18(27)13-25-8-4-7-24(9-10-25)12-17(26)22-16-11-14(20)5-6-15(16)21/h5-6,11H,4,7-10,12-13H2,1-3H3,(H,22,26)(H,23,27). The summed E-state index contributed by atoms with van der Waals surface area (Å²) >= 11 is 5.84. The summed E-state index contributed by atoms with van der Waals surface area (Å²) in [6.45, 7) is 9.33. The van der Waals surface area contributed by atoms with E-state index in [0.717, 1.165) is 19.5 Å². The maximum absolute atomic E-state index is 13.7. The maximum Gasteiger partial charge on any atom is 0.238 e. The fourth-order valence-corrected chi connectivity index (χ4v) is 3.16. The van der Waals surface area contributed by atoms with Gasteiger partial charge in [0.1, 0.15) is 5.82 Å². The van der Waals surface area contributed by atoms with Gasteiger partial charge in [-0.1, -0.05) is 11.6 Å². The number of carbonyl (C=O) groups is 2. The summed E-state index contributed by atoms with van der Waals surface area (Å²) in [5.41, 5.74) is -0.161. The number of halogens is 2. The Morgan fingerprint density at radius 3 is 2.26 bits per heavy atom. The summed E-state index contributed by atoms with van der Waals surface area (Å²) in [4.78, 5) is 28.4. The van der Waals surface area contributed by atoms with Gasteiger partial charge in [-0.05, 0) is 58.5 Å². The second kappa shape index (κ2) is 9.48. The predicted molar refractivity (Wildman–Crippen MR) is 105 cm³/mol. The molecular formula is C19H28ClFN4O2. The molecule has 1 heterocycles. The number of hydrogen-bond donors (Lipinski definition) is 2. The Bertz CT molecular complexity index is 678. The van der Waals surface area contributed by atoms with Crippen molar-refractivity contribution in [2.45, 2.75) is 32.7 Å². The molecule has 0 unspecified atom stereocenters. The van der Waals surface area contributed by atoms with Gasteiger partial charge in [0.2, 0.25) is 11.8 Å². The highest BCUT2D eigenvalue weighted by molar-refractivity contribution is 6.30. The molecule has 2 amide bonds. The predicted octanol–water partition coefficient (Wildman–Crippen LogP) is 2.34. The molecule has 0 atom stereocenters. The molecule has 1 aromatic carbocycles. The van der Waals surface area contributed by atoms with Crippen LogP contribution in [0.1, 0.15) is 27.2 Å². The van der Waals surface area contributed by atoms with E-state index in [1.807, 2.05) is 25.7 Å². The van der Waals surface area contributed by atoms with Gasteiger partial charge < -0.3 is 10.6 Å². The first-order valence-electron chi connectivity index (χ1n) is 9.13. The van der Waals surface area contributed by atoms with Gasteiger partial charge in [-0.25, -0.2) is 4.39 Å². The van der Waals surface area contributed by atoms with Crippen LogP contribution in [-0.2, 0) is 9.59 Å². The zero-order chi connectivity index (χ0) is 20.0.